The summed E-state index contributed by atoms with van der Waals surface area (Å²) in [4.78, 5) is 26.5. The summed E-state index contributed by atoms with van der Waals surface area (Å²) in [7, 11) is 1.50. The van der Waals surface area contributed by atoms with Gasteiger partial charge in [-0.15, -0.1) is 0 Å². The lowest BCUT2D eigenvalue weighted by molar-refractivity contribution is -0.145. The molecule has 2 aromatic rings. The Bertz CT molecular complexity index is 814. The number of carbonyl (C=O) groups excluding carboxylic acids is 1. The molecule has 0 spiro atoms. The minimum absolute atomic E-state index is 0.146. The molecule has 0 unspecified atom stereocenters. The highest BCUT2D eigenvalue weighted by Gasteiger charge is 2.43. The molecule has 3 rings (SSSR count). The van der Waals surface area contributed by atoms with Crippen molar-refractivity contribution in [2.45, 2.75) is 18.3 Å². The minimum atomic E-state index is -0.949. The molecular weight excluding hydrogens is 354 g/mol. The second-order valence-electron chi connectivity index (χ2n) is 6.39. The van der Waals surface area contributed by atoms with Crippen LogP contribution in [0.3, 0.4) is 0 Å². The molecule has 0 atom stereocenters. The van der Waals surface area contributed by atoms with E-state index >= 15 is 0 Å². The first-order valence-corrected chi connectivity index (χ1v) is 8.77. The molecule has 136 valence electrons. The summed E-state index contributed by atoms with van der Waals surface area (Å²) in [5.41, 5.74) is 0.317. The van der Waals surface area contributed by atoms with Crippen LogP contribution in [0, 0.1) is 0 Å². The molecule has 26 heavy (non-hydrogen) atoms. The van der Waals surface area contributed by atoms with E-state index < -0.39 is 11.4 Å². The number of hydrogen-bond acceptors (Lipinski definition) is 3. The van der Waals surface area contributed by atoms with Crippen molar-refractivity contribution in [3.8, 4) is 5.75 Å². The largest absolute Gasteiger partial charge is 0.495 e. The van der Waals surface area contributed by atoms with Gasteiger partial charge in [-0.05, 0) is 36.6 Å². The van der Waals surface area contributed by atoms with E-state index in [1.165, 1.54) is 7.11 Å². The third-order valence-electron chi connectivity index (χ3n) is 5.04. The van der Waals surface area contributed by atoms with Crippen molar-refractivity contribution in [1.29, 1.82) is 0 Å². The molecule has 5 nitrogen and oxygen atoms in total. The van der Waals surface area contributed by atoms with E-state index in [9.17, 15) is 14.7 Å². The Morgan fingerprint density at radius 2 is 1.77 bits per heavy atom. The molecule has 1 heterocycles. The van der Waals surface area contributed by atoms with E-state index in [0.29, 0.717) is 42.3 Å². The summed E-state index contributed by atoms with van der Waals surface area (Å²) >= 11 is 6.01. The monoisotopic (exact) mass is 373 g/mol. The molecule has 1 N–H and O–H groups in total. The number of carbonyl (C=O) groups is 2. The highest BCUT2D eigenvalue weighted by atomic mass is 35.5. The maximum Gasteiger partial charge on any atom is 0.314 e. The molecule has 0 radical (unpaired) electrons. The number of halogens is 1. The van der Waals surface area contributed by atoms with Crippen molar-refractivity contribution in [3.63, 3.8) is 0 Å². The number of hydrogen-bond donors (Lipinski definition) is 1. The number of nitrogens with zero attached hydrogens (tertiary/aromatic N) is 1. The van der Waals surface area contributed by atoms with Gasteiger partial charge >= 0.3 is 5.97 Å². The zero-order valence-corrected chi connectivity index (χ0v) is 15.2. The van der Waals surface area contributed by atoms with Crippen LogP contribution in [0.5, 0.6) is 5.75 Å². The van der Waals surface area contributed by atoms with Crippen LogP contribution >= 0.6 is 11.6 Å². The molecule has 0 bridgehead atoms. The van der Waals surface area contributed by atoms with Gasteiger partial charge in [0.25, 0.3) is 5.91 Å². The first-order chi connectivity index (χ1) is 12.5. The van der Waals surface area contributed by atoms with E-state index in [1.54, 1.807) is 23.1 Å². The number of rotatable bonds is 4. The topological polar surface area (TPSA) is 66.8 Å². The number of ether oxygens (including phenoxy) is 1. The molecule has 0 saturated carbocycles. The standard InChI is InChI=1S/C20H20ClNO4/c1-26-17-13-14(7-8-16(17)21)18(23)22-11-9-20(10-12-22,19(24)25)15-5-3-2-4-6-15/h2-8,13H,9-12H2,1H3,(H,24,25). The Balaban J connectivity index is 1.79. The number of amides is 1. The van der Waals surface area contributed by atoms with Crippen LogP contribution in [-0.2, 0) is 10.2 Å². The minimum Gasteiger partial charge on any atom is -0.495 e. The van der Waals surface area contributed by atoms with Crippen LogP contribution in [0.4, 0.5) is 0 Å². The maximum atomic E-state index is 12.8. The number of piperidine rings is 1. The molecule has 0 aliphatic carbocycles. The lowest BCUT2D eigenvalue weighted by Crippen LogP contribution is -2.49. The van der Waals surface area contributed by atoms with Gasteiger partial charge in [0.1, 0.15) is 5.75 Å². The van der Waals surface area contributed by atoms with Crippen molar-refractivity contribution >= 4 is 23.5 Å². The Morgan fingerprint density at radius 1 is 1.12 bits per heavy atom. The van der Waals surface area contributed by atoms with Gasteiger partial charge < -0.3 is 14.7 Å². The summed E-state index contributed by atoms with van der Waals surface area (Å²) in [6.45, 7) is 0.760. The van der Waals surface area contributed by atoms with Crippen molar-refractivity contribution < 1.29 is 19.4 Å². The first kappa shape index (κ1) is 18.3. The maximum absolute atomic E-state index is 12.8. The summed E-state index contributed by atoms with van der Waals surface area (Å²) in [5.74, 6) is -0.547. The van der Waals surface area contributed by atoms with Crippen LogP contribution in [0.15, 0.2) is 48.5 Å². The lowest BCUT2D eigenvalue weighted by Gasteiger charge is -2.39. The van der Waals surface area contributed by atoms with Crippen LogP contribution in [0.2, 0.25) is 5.02 Å². The molecule has 1 saturated heterocycles. The van der Waals surface area contributed by atoms with Gasteiger partial charge in [-0.25, -0.2) is 0 Å². The van der Waals surface area contributed by atoms with E-state index in [2.05, 4.69) is 0 Å². The van der Waals surface area contributed by atoms with Gasteiger partial charge in [0.2, 0.25) is 0 Å². The van der Waals surface area contributed by atoms with Crippen LogP contribution < -0.4 is 4.74 Å². The van der Waals surface area contributed by atoms with E-state index in [4.69, 9.17) is 16.3 Å². The fourth-order valence-corrected chi connectivity index (χ4v) is 3.64. The lowest BCUT2D eigenvalue weighted by atomic mass is 9.73. The number of methoxy groups -OCH3 is 1. The molecule has 2 aromatic carbocycles. The van der Waals surface area contributed by atoms with Gasteiger partial charge in [-0.3, -0.25) is 9.59 Å². The third kappa shape index (κ3) is 3.27. The zero-order chi connectivity index (χ0) is 18.7. The summed E-state index contributed by atoms with van der Waals surface area (Å²) < 4.78 is 5.17. The van der Waals surface area contributed by atoms with E-state index in [-0.39, 0.29) is 5.91 Å². The number of carboxylic acids is 1. The number of carboxylic acid groups (broad SMARTS) is 1. The average Bonchev–Trinajstić information content (AvgIpc) is 2.68. The second-order valence-corrected chi connectivity index (χ2v) is 6.80. The average molecular weight is 374 g/mol. The van der Waals surface area contributed by atoms with Crippen molar-refractivity contribution in [1.82, 2.24) is 4.90 Å². The molecule has 6 heteroatoms. The molecule has 0 aromatic heterocycles. The highest BCUT2D eigenvalue weighted by Crippen LogP contribution is 2.36. The van der Waals surface area contributed by atoms with E-state index in [1.807, 2.05) is 30.3 Å². The molecule has 1 aliphatic heterocycles. The number of likely N-dealkylation sites (tertiary alicyclic amines) is 1. The van der Waals surface area contributed by atoms with Crippen LogP contribution in [-0.4, -0.2) is 42.1 Å². The first-order valence-electron chi connectivity index (χ1n) is 8.40. The fraction of sp³-hybridized carbons (Fsp3) is 0.300. The third-order valence-corrected chi connectivity index (χ3v) is 5.35. The fourth-order valence-electron chi connectivity index (χ4n) is 3.45. The van der Waals surface area contributed by atoms with Crippen molar-refractivity contribution in [3.05, 3.63) is 64.7 Å². The van der Waals surface area contributed by atoms with Gasteiger partial charge in [0.15, 0.2) is 0 Å². The van der Waals surface area contributed by atoms with Crippen molar-refractivity contribution in [2.75, 3.05) is 20.2 Å². The summed E-state index contributed by atoms with van der Waals surface area (Å²) in [6, 6.07) is 14.1. The van der Waals surface area contributed by atoms with Gasteiger partial charge in [-0.2, -0.15) is 0 Å². The molecular formula is C20H20ClNO4. The van der Waals surface area contributed by atoms with Gasteiger partial charge in [-0.1, -0.05) is 41.9 Å². The number of aliphatic carboxylic acids is 1. The quantitative estimate of drug-likeness (QED) is 0.889. The molecule has 1 fully saturated rings. The second kappa shape index (κ2) is 7.38. The summed E-state index contributed by atoms with van der Waals surface area (Å²) in [6.07, 6.45) is 0.756. The Hall–Kier alpha value is -2.53. The van der Waals surface area contributed by atoms with Gasteiger partial charge in [0.05, 0.1) is 17.5 Å². The zero-order valence-electron chi connectivity index (χ0n) is 14.4. The number of benzene rings is 2. The Morgan fingerprint density at radius 3 is 2.35 bits per heavy atom. The predicted octanol–water partition coefficient (Wildman–Crippen LogP) is 3.61. The van der Waals surface area contributed by atoms with Gasteiger partial charge in [0, 0.05) is 18.7 Å². The summed E-state index contributed by atoms with van der Waals surface area (Å²) in [5, 5.41) is 10.3. The smallest absolute Gasteiger partial charge is 0.314 e. The highest BCUT2D eigenvalue weighted by molar-refractivity contribution is 6.32. The Kier molecular flexibility index (Phi) is 5.18. The molecule has 1 amide bonds. The Labute approximate surface area is 157 Å². The SMILES string of the molecule is COc1cc(C(=O)N2CCC(C(=O)O)(c3ccccc3)CC2)ccc1Cl. The molecule has 1 aliphatic rings. The van der Waals surface area contributed by atoms with Crippen LogP contribution in [0.1, 0.15) is 28.8 Å². The van der Waals surface area contributed by atoms with Crippen molar-refractivity contribution in [2.24, 2.45) is 0 Å². The predicted molar refractivity (Wildman–Crippen MR) is 98.9 cm³/mol. The van der Waals surface area contributed by atoms with E-state index in [0.717, 1.165) is 5.56 Å². The normalized spacial score (nSPS) is 16.2. The van der Waals surface area contributed by atoms with Crippen LogP contribution in [0.25, 0.3) is 0 Å².